The molecule has 6 heteroatoms. The number of fused-ring (bicyclic) bond motifs is 1. The maximum atomic E-state index is 13.1. The van der Waals surface area contributed by atoms with E-state index in [0.29, 0.717) is 24.8 Å². The number of nitrogens with zero attached hydrogens (tertiary/aromatic N) is 2. The molecular weight excluding hydrogens is 366 g/mol. The van der Waals surface area contributed by atoms with Crippen molar-refractivity contribution >= 4 is 17.5 Å². The van der Waals surface area contributed by atoms with Gasteiger partial charge in [-0.1, -0.05) is 18.2 Å². The zero-order valence-electron chi connectivity index (χ0n) is 16.6. The maximum Gasteiger partial charge on any atom is 0.289 e. The third-order valence-corrected chi connectivity index (χ3v) is 6.37. The van der Waals surface area contributed by atoms with Gasteiger partial charge in [-0.25, -0.2) is 0 Å². The summed E-state index contributed by atoms with van der Waals surface area (Å²) in [5, 5.41) is 3.65. The van der Waals surface area contributed by atoms with Gasteiger partial charge in [0.05, 0.1) is 19.2 Å². The highest BCUT2D eigenvalue weighted by atomic mass is 16.3. The van der Waals surface area contributed by atoms with E-state index in [2.05, 4.69) is 5.32 Å². The summed E-state index contributed by atoms with van der Waals surface area (Å²) < 4.78 is 5.58. The van der Waals surface area contributed by atoms with Crippen molar-refractivity contribution < 1.29 is 14.0 Å². The molecule has 1 saturated heterocycles. The second kappa shape index (κ2) is 7.67. The van der Waals surface area contributed by atoms with E-state index in [9.17, 15) is 9.59 Å². The SMILES string of the molecule is O=C(c1occc1CN1C(=O)Cc2ccccc21)N1CCC(NCC2CC2)CC1. The van der Waals surface area contributed by atoms with Crippen LogP contribution in [-0.2, 0) is 17.8 Å². The molecule has 1 N–H and O–H groups in total. The Morgan fingerprint density at radius 1 is 1.10 bits per heavy atom. The van der Waals surface area contributed by atoms with Crippen molar-refractivity contribution in [2.45, 2.75) is 44.7 Å². The first-order chi connectivity index (χ1) is 14.2. The molecule has 0 bridgehead atoms. The second-order valence-corrected chi connectivity index (χ2v) is 8.48. The van der Waals surface area contributed by atoms with Crippen molar-refractivity contribution in [1.29, 1.82) is 0 Å². The van der Waals surface area contributed by atoms with Crippen LogP contribution in [0.3, 0.4) is 0 Å². The summed E-state index contributed by atoms with van der Waals surface area (Å²) in [5.41, 5.74) is 2.74. The number of benzene rings is 1. The van der Waals surface area contributed by atoms with Gasteiger partial charge in [-0.05, 0) is 55.8 Å². The highest BCUT2D eigenvalue weighted by Crippen LogP contribution is 2.31. The summed E-state index contributed by atoms with van der Waals surface area (Å²) in [6, 6.07) is 10.1. The van der Waals surface area contributed by atoms with E-state index in [1.165, 1.54) is 12.8 Å². The fourth-order valence-electron chi connectivity index (χ4n) is 4.39. The molecule has 0 spiro atoms. The van der Waals surface area contributed by atoms with Crippen LogP contribution >= 0.6 is 0 Å². The number of furan rings is 1. The normalized spacial score (nSPS) is 19.7. The minimum atomic E-state index is -0.0643. The van der Waals surface area contributed by atoms with E-state index >= 15 is 0 Å². The molecule has 29 heavy (non-hydrogen) atoms. The molecule has 152 valence electrons. The number of amides is 2. The van der Waals surface area contributed by atoms with E-state index in [4.69, 9.17) is 4.42 Å². The first-order valence-corrected chi connectivity index (χ1v) is 10.7. The van der Waals surface area contributed by atoms with Gasteiger partial charge in [-0.15, -0.1) is 0 Å². The van der Waals surface area contributed by atoms with E-state index in [1.54, 1.807) is 11.2 Å². The topological polar surface area (TPSA) is 65.8 Å². The monoisotopic (exact) mass is 393 g/mol. The molecule has 2 aliphatic heterocycles. The Morgan fingerprint density at radius 2 is 1.90 bits per heavy atom. The van der Waals surface area contributed by atoms with Gasteiger partial charge >= 0.3 is 0 Å². The van der Waals surface area contributed by atoms with Crippen LogP contribution in [-0.4, -0.2) is 42.4 Å². The average molecular weight is 393 g/mol. The Balaban J connectivity index is 1.23. The number of carbonyl (C=O) groups is 2. The maximum absolute atomic E-state index is 13.1. The number of hydrogen-bond donors (Lipinski definition) is 1. The molecule has 0 radical (unpaired) electrons. The van der Waals surface area contributed by atoms with Gasteiger partial charge in [0.2, 0.25) is 5.91 Å². The van der Waals surface area contributed by atoms with Crippen LogP contribution in [0.25, 0.3) is 0 Å². The number of carbonyl (C=O) groups excluding carboxylic acids is 2. The summed E-state index contributed by atoms with van der Waals surface area (Å²) in [7, 11) is 0. The quantitative estimate of drug-likeness (QED) is 0.819. The molecule has 0 atom stereocenters. The Hall–Kier alpha value is -2.60. The lowest BCUT2D eigenvalue weighted by Gasteiger charge is -2.32. The number of hydrogen-bond acceptors (Lipinski definition) is 4. The van der Waals surface area contributed by atoms with Crippen LogP contribution in [0, 0.1) is 5.92 Å². The predicted molar refractivity (Wildman–Crippen MR) is 110 cm³/mol. The van der Waals surface area contributed by atoms with Gasteiger partial charge in [-0.2, -0.15) is 0 Å². The predicted octanol–water partition coefficient (Wildman–Crippen LogP) is 2.97. The molecule has 2 fully saturated rings. The van der Waals surface area contributed by atoms with E-state index < -0.39 is 0 Å². The Bertz CT molecular complexity index is 910. The Morgan fingerprint density at radius 3 is 2.69 bits per heavy atom. The minimum absolute atomic E-state index is 0.0633. The number of para-hydroxylation sites is 1. The van der Waals surface area contributed by atoms with Crippen molar-refractivity contribution in [3.05, 3.63) is 53.5 Å². The fourth-order valence-corrected chi connectivity index (χ4v) is 4.39. The van der Waals surface area contributed by atoms with E-state index in [1.807, 2.05) is 35.2 Å². The Labute approximate surface area is 170 Å². The largest absolute Gasteiger partial charge is 0.459 e. The third-order valence-electron chi connectivity index (χ3n) is 6.37. The zero-order valence-corrected chi connectivity index (χ0v) is 16.6. The first kappa shape index (κ1) is 18.4. The summed E-state index contributed by atoms with van der Waals surface area (Å²) >= 11 is 0. The molecule has 1 aliphatic carbocycles. The fraction of sp³-hybridized carbons (Fsp3) is 0.478. The van der Waals surface area contributed by atoms with Crippen LogP contribution in [0.2, 0.25) is 0 Å². The molecule has 2 aromatic rings. The van der Waals surface area contributed by atoms with Crippen molar-refractivity contribution in [3.8, 4) is 0 Å². The minimum Gasteiger partial charge on any atom is -0.459 e. The molecular formula is C23H27N3O3. The summed E-state index contributed by atoms with van der Waals surface area (Å²) in [4.78, 5) is 29.2. The van der Waals surface area contributed by atoms with Crippen LogP contribution in [0.15, 0.2) is 41.0 Å². The van der Waals surface area contributed by atoms with Crippen molar-refractivity contribution in [2.24, 2.45) is 5.92 Å². The first-order valence-electron chi connectivity index (χ1n) is 10.7. The van der Waals surface area contributed by atoms with Crippen LogP contribution < -0.4 is 10.2 Å². The van der Waals surface area contributed by atoms with E-state index in [0.717, 1.165) is 55.2 Å². The molecule has 1 saturated carbocycles. The van der Waals surface area contributed by atoms with Crippen LogP contribution in [0.1, 0.15) is 47.4 Å². The molecule has 1 aromatic heterocycles. The average Bonchev–Trinajstić information content (AvgIpc) is 3.37. The third kappa shape index (κ3) is 3.81. The lowest BCUT2D eigenvalue weighted by Crippen LogP contribution is -2.45. The van der Waals surface area contributed by atoms with Crippen LogP contribution in [0.4, 0.5) is 5.69 Å². The molecule has 6 nitrogen and oxygen atoms in total. The summed E-state index contributed by atoms with van der Waals surface area (Å²) in [6.07, 6.45) is 6.64. The molecule has 1 aromatic carbocycles. The second-order valence-electron chi connectivity index (χ2n) is 8.48. The van der Waals surface area contributed by atoms with Gasteiger partial charge in [-0.3, -0.25) is 9.59 Å². The van der Waals surface area contributed by atoms with Crippen molar-refractivity contribution in [1.82, 2.24) is 10.2 Å². The molecule has 3 heterocycles. The lowest BCUT2D eigenvalue weighted by molar-refractivity contribution is -0.117. The lowest BCUT2D eigenvalue weighted by atomic mass is 10.0. The van der Waals surface area contributed by atoms with Gasteiger partial charge in [0.1, 0.15) is 0 Å². The van der Waals surface area contributed by atoms with Gasteiger partial charge in [0.25, 0.3) is 5.91 Å². The molecule has 2 amide bonds. The van der Waals surface area contributed by atoms with Gasteiger partial charge < -0.3 is 19.5 Å². The molecule has 3 aliphatic rings. The van der Waals surface area contributed by atoms with Crippen molar-refractivity contribution in [2.75, 3.05) is 24.5 Å². The highest BCUT2D eigenvalue weighted by molar-refractivity contribution is 6.01. The van der Waals surface area contributed by atoms with Gasteiger partial charge in [0, 0.05) is 30.4 Å². The van der Waals surface area contributed by atoms with Crippen LogP contribution in [0.5, 0.6) is 0 Å². The smallest absolute Gasteiger partial charge is 0.289 e. The van der Waals surface area contributed by atoms with Gasteiger partial charge in [0.15, 0.2) is 5.76 Å². The van der Waals surface area contributed by atoms with Crippen molar-refractivity contribution in [3.63, 3.8) is 0 Å². The zero-order chi connectivity index (χ0) is 19.8. The number of nitrogens with one attached hydrogen (secondary N) is 1. The standard InChI is InChI=1S/C23H27N3O3/c27-21-13-17-3-1-2-4-20(17)26(21)15-18-9-12-29-22(18)23(28)25-10-7-19(8-11-25)24-14-16-5-6-16/h1-4,9,12,16,19,24H,5-8,10-11,13-15H2. The Kier molecular flexibility index (Phi) is 4.87. The summed E-state index contributed by atoms with van der Waals surface area (Å²) in [5.74, 6) is 1.24. The highest BCUT2D eigenvalue weighted by Gasteiger charge is 2.31. The molecule has 0 unspecified atom stereocenters. The number of likely N-dealkylation sites (tertiary alicyclic amines) is 1. The summed E-state index contributed by atoms with van der Waals surface area (Å²) in [6.45, 7) is 2.97. The number of anilines is 1. The number of piperidine rings is 1. The number of rotatable bonds is 6. The molecule has 5 rings (SSSR count). The van der Waals surface area contributed by atoms with E-state index in [-0.39, 0.29) is 11.8 Å².